The van der Waals surface area contributed by atoms with Crippen LogP contribution in [-0.4, -0.2) is 12.2 Å². The summed E-state index contributed by atoms with van der Waals surface area (Å²) in [7, 11) is 0. The van der Waals surface area contributed by atoms with E-state index >= 15 is 0 Å². The molecule has 3 aromatic carbocycles. The fourth-order valence-corrected chi connectivity index (χ4v) is 2.65. The first-order valence-corrected chi connectivity index (χ1v) is 8.99. The summed E-state index contributed by atoms with van der Waals surface area (Å²) in [5.41, 5.74) is 2.89. The van der Waals surface area contributed by atoms with Crippen molar-refractivity contribution in [2.24, 2.45) is 10.2 Å². The van der Waals surface area contributed by atoms with Crippen LogP contribution in [0.2, 0.25) is 0 Å². The molecule has 0 heterocycles. The monoisotopic (exact) mass is 347 g/mol. The predicted octanol–water partition coefficient (Wildman–Crippen LogP) is 6.08. The topological polar surface area (TPSA) is 53.8 Å². The second-order valence-electron chi connectivity index (χ2n) is 5.27. The number of nitrogens with one attached hydrogen (secondary N) is 1. The minimum atomic E-state index is -0.130. The fraction of sp³-hybridized carbons (Fsp3) is 0.0500. The van der Waals surface area contributed by atoms with Gasteiger partial charge in [-0.2, -0.15) is 10.2 Å². The zero-order valence-corrected chi connectivity index (χ0v) is 14.5. The van der Waals surface area contributed by atoms with Crippen LogP contribution in [0.4, 0.5) is 17.1 Å². The van der Waals surface area contributed by atoms with Gasteiger partial charge in [-0.1, -0.05) is 24.3 Å². The molecule has 0 spiro atoms. The van der Waals surface area contributed by atoms with E-state index in [2.05, 4.69) is 15.5 Å². The fourth-order valence-electron chi connectivity index (χ4n) is 2.19. The number of anilines is 1. The molecule has 25 heavy (non-hydrogen) atoms. The first-order chi connectivity index (χ1) is 12.2. The molecule has 0 atom stereocenters. The van der Waals surface area contributed by atoms with Crippen molar-refractivity contribution >= 4 is 34.7 Å². The zero-order valence-electron chi connectivity index (χ0n) is 13.7. The standard InChI is InChI=1S/C20H17N3OS/c1-25-19-9-5-6-15(14-19)20(24)21-16-10-12-18(13-11-16)23-22-17-7-3-2-4-8-17/h2-14H,1H3,(H,21,24). The number of rotatable bonds is 5. The zero-order chi connectivity index (χ0) is 17.5. The van der Waals surface area contributed by atoms with Crippen LogP contribution in [0.5, 0.6) is 0 Å². The Kier molecular flexibility index (Phi) is 5.59. The molecule has 0 saturated carbocycles. The summed E-state index contributed by atoms with van der Waals surface area (Å²) in [6, 6.07) is 24.4. The van der Waals surface area contributed by atoms with Crippen LogP contribution in [-0.2, 0) is 0 Å². The normalized spacial score (nSPS) is 10.8. The number of amides is 1. The Morgan fingerprint density at radius 1 is 0.840 bits per heavy atom. The maximum absolute atomic E-state index is 12.3. The SMILES string of the molecule is CSc1cccc(C(=O)Nc2ccc(N=Nc3ccccc3)cc2)c1. The molecule has 1 N–H and O–H groups in total. The summed E-state index contributed by atoms with van der Waals surface area (Å²) in [6.45, 7) is 0. The van der Waals surface area contributed by atoms with Gasteiger partial charge in [-0.3, -0.25) is 4.79 Å². The maximum Gasteiger partial charge on any atom is 0.255 e. The first kappa shape index (κ1) is 16.9. The van der Waals surface area contributed by atoms with Gasteiger partial charge in [0.1, 0.15) is 0 Å². The van der Waals surface area contributed by atoms with Crippen molar-refractivity contribution in [1.82, 2.24) is 0 Å². The number of hydrogen-bond donors (Lipinski definition) is 1. The van der Waals surface area contributed by atoms with Crippen LogP contribution in [0.15, 0.2) is 94.0 Å². The lowest BCUT2D eigenvalue weighted by molar-refractivity contribution is 0.102. The number of hydrogen-bond acceptors (Lipinski definition) is 4. The molecule has 0 unspecified atom stereocenters. The highest BCUT2D eigenvalue weighted by molar-refractivity contribution is 7.98. The summed E-state index contributed by atoms with van der Waals surface area (Å²) in [5.74, 6) is -0.130. The van der Waals surface area contributed by atoms with Gasteiger partial charge in [-0.05, 0) is 60.9 Å². The van der Waals surface area contributed by atoms with Crippen LogP contribution < -0.4 is 5.32 Å². The molecule has 0 bridgehead atoms. The summed E-state index contributed by atoms with van der Waals surface area (Å²) in [6.07, 6.45) is 1.99. The highest BCUT2D eigenvalue weighted by atomic mass is 32.2. The second-order valence-corrected chi connectivity index (χ2v) is 6.15. The lowest BCUT2D eigenvalue weighted by Gasteiger charge is -2.06. The van der Waals surface area contributed by atoms with Crippen molar-refractivity contribution in [1.29, 1.82) is 0 Å². The molecule has 3 rings (SSSR count). The van der Waals surface area contributed by atoms with Crippen molar-refractivity contribution in [3.8, 4) is 0 Å². The van der Waals surface area contributed by atoms with E-state index in [1.54, 1.807) is 17.8 Å². The Morgan fingerprint density at radius 3 is 2.20 bits per heavy atom. The van der Waals surface area contributed by atoms with E-state index in [0.29, 0.717) is 5.56 Å². The minimum absolute atomic E-state index is 0.130. The number of carbonyl (C=O) groups excluding carboxylic acids is 1. The van der Waals surface area contributed by atoms with Crippen molar-refractivity contribution in [2.75, 3.05) is 11.6 Å². The minimum Gasteiger partial charge on any atom is -0.322 e. The van der Waals surface area contributed by atoms with E-state index in [4.69, 9.17) is 0 Å². The van der Waals surface area contributed by atoms with E-state index < -0.39 is 0 Å². The first-order valence-electron chi connectivity index (χ1n) is 7.77. The van der Waals surface area contributed by atoms with Gasteiger partial charge < -0.3 is 5.32 Å². The second kappa shape index (κ2) is 8.26. The van der Waals surface area contributed by atoms with Crippen LogP contribution in [0.3, 0.4) is 0 Å². The van der Waals surface area contributed by atoms with Crippen LogP contribution >= 0.6 is 11.8 Å². The number of azo groups is 1. The average molecular weight is 347 g/mol. The molecule has 0 aliphatic heterocycles. The molecule has 0 radical (unpaired) electrons. The van der Waals surface area contributed by atoms with Gasteiger partial charge >= 0.3 is 0 Å². The quantitative estimate of drug-likeness (QED) is 0.449. The molecule has 0 saturated heterocycles. The van der Waals surface area contributed by atoms with Crippen molar-refractivity contribution < 1.29 is 4.79 Å². The van der Waals surface area contributed by atoms with Crippen molar-refractivity contribution in [3.63, 3.8) is 0 Å². The van der Waals surface area contributed by atoms with Crippen LogP contribution in [0, 0.1) is 0 Å². The molecule has 1 amide bonds. The van der Waals surface area contributed by atoms with E-state index in [9.17, 15) is 4.79 Å². The van der Waals surface area contributed by atoms with Gasteiger partial charge in [0.2, 0.25) is 0 Å². The molecule has 4 nitrogen and oxygen atoms in total. The highest BCUT2D eigenvalue weighted by Gasteiger charge is 2.06. The van der Waals surface area contributed by atoms with Gasteiger partial charge in [0.05, 0.1) is 11.4 Å². The number of thioether (sulfide) groups is 1. The van der Waals surface area contributed by atoms with Gasteiger partial charge in [0.15, 0.2) is 0 Å². The molecule has 3 aromatic rings. The maximum atomic E-state index is 12.3. The van der Waals surface area contributed by atoms with Crippen molar-refractivity contribution in [2.45, 2.75) is 4.90 Å². The molecule has 0 fully saturated rings. The number of carbonyl (C=O) groups is 1. The van der Waals surface area contributed by atoms with E-state index in [0.717, 1.165) is 22.0 Å². The molecule has 5 heteroatoms. The number of nitrogens with zero attached hydrogens (tertiary/aromatic N) is 2. The molecule has 0 aromatic heterocycles. The lowest BCUT2D eigenvalue weighted by atomic mass is 10.2. The third-order valence-electron chi connectivity index (χ3n) is 3.49. The Hall–Kier alpha value is -2.92. The summed E-state index contributed by atoms with van der Waals surface area (Å²) >= 11 is 1.61. The van der Waals surface area contributed by atoms with Gasteiger partial charge in [0.25, 0.3) is 5.91 Å². The van der Waals surface area contributed by atoms with Crippen LogP contribution in [0.25, 0.3) is 0 Å². The predicted molar refractivity (Wildman–Crippen MR) is 103 cm³/mol. The summed E-state index contributed by atoms with van der Waals surface area (Å²) in [5, 5.41) is 11.2. The number of benzene rings is 3. The van der Waals surface area contributed by atoms with E-state index in [1.807, 2.05) is 79.1 Å². The Bertz CT molecular complexity index is 877. The van der Waals surface area contributed by atoms with Crippen LogP contribution in [0.1, 0.15) is 10.4 Å². The third-order valence-corrected chi connectivity index (χ3v) is 4.22. The summed E-state index contributed by atoms with van der Waals surface area (Å²) in [4.78, 5) is 13.4. The average Bonchev–Trinajstić information content (AvgIpc) is 2.68. The van der Waals surface area contributed by atoms with E-state index in [-0.39, 0.29) is 5.91 Å². The smallest absolute Gasteiger partial charge is 0.255 e. The van der Waals surface area contributed by atoms with Gasteiger partial charge in [-0.25, -0.2) is 0 Å². The molecule has 0 aliphatic carbocycles. The van der Waals surface area contributed by atoms with Gasteiger partial charge in [-0.15, -0.1) is 11.8 Å². The van der Waals surface area contributed by atoms with Crippen molar-refractivity contribution in [3.05, 3.63) is 84.4 Å². The Balaban J connectivity index is 1.66. The lowest BCUT2D eigenvalue weighted by Crippen LogP contribution is -2.11. The van der Waals surface area contributed by atoms with Gasteiger partial charge in [0, 0.05) is 16.1 Å². The Morgan fingerprint density at radius 2 is 1.52 bits per heavy atom. The van der Waals surface area contributed by atoms with E-state index in [1.165, 1.54) is 0 Å². The molecular formula is C20H17N3OS. The summed E-state index contributed by atoms with van der Waals surface area (Å²) < 4.78 is 0. The largest absolute Gasteiger partial charge is 0.322 e. The molecular weight excluding hydrogens is 330 g/mol. The molecule has 0 aliphatic rings. The molecule has 124 valence electrons. The highest BCUT2D eigenvalue weighted by Crippen LogP contribution is 2.21. The third kappa shape index (κ3) is 4.78. The Labute approximate surface area is 151 Å².